The number of imidazole rings is 1. The maximum Gasteiger partial charge on any atom is 0.280 e. The molecule has 8 heteroatoms. The lowest BCUT2D eigenvalue weighted by molar-refractivity contribution is -0.125. The van der Waals surface area contributed by atoms with E-state index in [0.29, 0.717) is 12.2 Å². The summed E-state index contributed by atoms with van der Waals surface area (Å²) in [5, 5.41) is 2.71. The zero-order valence-electron chi connectivity index (χ0n) is 13.0. The van der Waals surface area contributed by atoms with Crippen molar-refractivity contribution in [3.63, 3.8) is 0 Å². The lowest BCUT2D eigenvalue weighted by atomic mass is 10.0. The van der Waals surface area contributed by atoms with Crippen LogP contribution in [0.2, 0.25) is 0 Å². The standard InChI is InChI=1S/C13H22ClN3O3S/c1-6-10-15-11(21(14,19)20)8-17(10)9(3)12(18)16-13(4,5)7-2/h8-9H,6-7H2,1-5H3,(H,16,18). The van der Waals surface area contributed by atoms with Crippen LogP contribution in [0.5, 0.6) is 0 Å². The maximum absolute atomic E-state index is 12.3. The first-order chi connectivity index (χ1) is 9.51. The van der Waals surface area contributed by atoms with E-state index in [1.165, 1.54) is 6.20 Å². The molecule has 0 aliphatic carbocycles. The second-order valence-corrected chi connectivity index (χ2v) is 8.11. The van der Waals surface area contributed by atoms with E-state index in [-0.39, 0.29) is 16.5 Å². The molecule has 0 aliphatic rings. The van der Waals surface area contributed by atoms with E-state index in [4.69, 9.17) is 10.7 Å². The van der Waals surface area contributed by atoms with Gasteiger partial charge in [-0.2, -0.15) is 0 Å². The molecule has 1 amide bonds. The van der Waals surface area contributed by atoms with Gasteiger partial charge in [0.05, 0.1) is 0 Å². The molecule has 0 fully saturated rings. The molecule has 1 atom stereocenters. The quantitative estimate of drug-likeness (QED) is 0.808. The van der Waals surface area contributed by atoms with Gasteiger partial charge < -0.3 is 9.88 Å². The molecule has 0 saturated carbocycles. The summed E-state index contributed by atoms with van der Waals surface area (Å²) in [6.07, 6.45) is 2.60. The largest absolute Gasteiger partial charge is 0.349 e. The van der Waals surface area contributed by atoms with Crippen molar-refractivity contribution < 1.29 is 13.2 Å². The molecular formula is C13H22ClN3O3S. The molecule has 120 valence electrons. The minimum atomic E-state index is -3.91. The molecule has 1 heterocycles. The van der Waals surface area contributed by atoms with E-state index in [2.05, 4.69) is 10.3 Å². The normalized spacial score (nSPS) is 14.0. The van der Waals surface area contributed by atoms with Crippen LogP contribution < -0.4 is 5.32 Å². The third-order valence-electron chi connectivity index (χ3n) is 3.50. The Hall–Kier alpha value is -1.08. The third-order valence-corrected chi connectivity index (χ3v) is 4.67. The maximum atomic E-state index is 12.3. The van der Waals surface area contributed by atoms with E-state index >= 15 is 0 Å². The molecule has 0 aliphatic heterocycles. The number of nitrogens with one attached hydrogen (secondary N) is 1. The molecule has 1 aromatic heterocycles. The summed E-state index contributed by atoms with van der Waals surface area (Å²) in [5.74, 6) is 0.318. The van der Waals surface area contributed by atoms with Crippen LogP contribution in [0.25, 0.3) is 0 Å². The topological polar surface area (TPSA) is 81.1 Å². The number of aryl methyl sites for hydroxylation is 1. The van der Waals surface area contributed by atoms with Gasteiger partial charge in [-0.3, -0.25) is 4.79 Å². The second kappa shape index (κ2) is 6.36. The first-order valence-corrected chi connectivity index (χ1v) is 9.17. The summed E-state index contributed by atoms with van der Waals surface area (Å²) in [4.78, 5) is 16.3. The van der Waals surface area contributed by atoms with Gasteiger partial charge in [-0.05, 0) is 27.2 Å². The molecule has 0 spiro atoms. The molecule has 1 unspecified atom stereocenters. The van der Waals surface area contributed by atoms with E-state index < -0.39 is 15.1 Å². The van der Waals surface area contributed by atoms with Crippen molar-refractivity contribution >= 4 is 25.6 Å². The Bertz CT molecular complexity index is 623. The molecule has 1 N–H and O–H groups in total. The zero-order chi connectivity index (χ0) is 16.4. The smallest absolute Gasteiger partial charge is 0.280 e. The monoisotopic (exact) mass is 335 g/mol. The third kappa shape index (κ3) is 4.44. The molecule has 0 radical (unpaired) electrons. The van der Waals surface area contributed by atoms with Gasteiger partial charge in [-0.25, -0.2) is 13.4 Å². The van der Waals surface area contributed by atoms with Crippen LogP contribution >= 0.6 is 10.7 Å². The van der Waals surface area contributed by atoms with Gasteiger partial charge in [-0.1, -0.05) is 13.8 Å². The van der Waals surface area contributed by atoms with Crippen molar-refractivity contribution in [2.24, 2.45) is 0 Å². The first kappa shape index (κ1) is 18.0. The van der Waals surface area contributed by atoms with Crippen LogP contribution in [-0.4, -0.2) is 29.4 Å². The van der Waals surface area contributed by atoms with Gasteiger partial charge >= 0.3 is 0 Å². The molecule has 21 heavy (non-hydrogen) atoms. The average molecular weight is 336 g/mol. The summed E-state index contributed by atoms with van der Waals surface area (Å²) in [6.45, 7) is 9.39. The van der Waals surface area contributed by atoms with E-state index in [1.54, 1.807) is 11.5 Å². The van der Waals surface area contributed by atoms with Crippen LogP contribution in [0.4, 0.5) is 0 Å². The van der Waals surface area contributed by atoms with Crippen LogP contribution in [0, 0.1) is 0 Å². The van der Waals surface area contributed by atoms with Crippen molar-refractivity contribution in [1.29, 1.82) is 0 Å². The number of aromatic nitrogens is 2. The summed E-state index contributed by atoms with van der Waals surface area (Å²) in [6, 6.07) is -0.564. The fourth-order valence-corrected chi connectivity index (χ4v) is 2.45. The number of nitrogens with zero attached hydrogens (tertiary/aromatic N) is 2. The van der Waals surface area contributed by atoms with Crippen molar-refractivity contribution in [2.45, 2.75) is 64.1 Å². The van der Waals surface area contributed by atoms with Crippen LogP contribution in [-0.2, 0) is 20.3 Å². The lowest BCUT2D eigenvalue weighted by Gasteiger charge is -2.27. The van der Waals surface area contributed by atoms with Crippen molar-refractivity contribution in [1.82, 2.24) is 14.9 Å². The number of rotatable bonds is 6. The highest BCUT2D eigenvalue weighted by Crippen LogP contribution is 2.20. The van der Waals surface area contributed by atoms with Gasteiger partial charge in [0.2, 0.25) is 5.91 Å². The van der Waals surface area contributed by atoms with Crippen molar-refractivity contribution in [2.75, 3.05) is 0 Å². The lowest BCUT2D eigenvalue weighted by Crippen LogP contribution is -2.45. The number of carbonyl (C=O) groups excluding carboxylic acids is 1. The zero-order valence-corrected chi connectivity index (χ0v) is 14.5. The SMILES string of the molecule is CCc1nc(S(=O)(=O)Cl)cn1C(C)C(=O)NC(C)(C)CC. The number of amides is 1. The molecular weight excluding hydrogens is 314 g/mol. The van der Waals surface area contributed by atoms with Gasteiger partial charge in [0, 0.05) is 28.8 Å². The Labute approximate surface area is 130 Å². The molecule has 0 saturated heterocycles. The van der Waals surface area contributed by atoms with Gasteiger partial charge in [0.1, 0.15) is 11.9 Å². The summed E-state index contributed by atoms with van der Waals surface area (Å²) >= 11 is 0. The molecule has 1 aromatic rings. The van der Waals surface area contributed by atoms with E-state index in [0.717, 1.165) is 6.42 Å². The number of halogens is 1. The Morgan fingerprint density at radius 3 is 2.48 bits per heavy atom. The molecule has 0 bridgehead atoms. The minimum Gasteiger partial charge on any atom is -0.349 e. The first-order valence-electron chi connectivity index (χ1n) is 6.86. The molecule has 1 rings (SSSR count). The van der Waals surface area contributed by atoms with Gasteiger partial charge in [0.15, 0.2) is 5.03 Å². The second-order valence-electron chi connectivity index (χ2n) is 5.60. The van der Waals surface area contributed by atoms with E-state index in [9.17, 15) is 13.2 Å². The summed E-state index contributed by atoms with van der Waals surface area (Å²) in [5.41, 5.74) is -0.320. The Morgan fingerprint density at radius 2 is 2.05 bits per heavy atom. The number of hydrogen-bond donors (Lipinski definition) is 1. The Morgan fingerprint density at radius 1 is 1.48 bits per heavy atom. The van der Waals surface area contributed by atoms with Crippen molar-refractivity contribution in [3.8, 4) is 0 Å². The predicted octanol–water partition coefficient (Wildman–Crippen LogP) is 2.24. The fraction of sp³-hybridized carbons (Fsp3) is 0.692. The predicted molar refractivity (Wildman–Crippen MR) is 81.9 cm³/mol. The Balaban J connectivity index is 3.10. The highest BCUT2D eigenvalue weighted by molar-refractivity contribution is 8.13. The average Bonchev–Trinajstić information content (AvgIpc) is 2.81. The van der Waals surface area contributed by atoms with Crippen LogP contribution in [0.15, 0.2) is 11.2 Å². The molecule has 0 aromatic carbocycles. The van der Waals surface area contributed by atoms with Crippen LogP contribution in [0.3, 0.4) is 0 Å². The van der Waals surface area contributed by atoms with Gasteiger partial charge in [0.25, 0.3) is 9.05 Å². The number of hydrogen-bond acceptors (Lipinski definition) is 4. The Kier molecular flexibility index (Phi) is 5.44. The molecule has 6 nitrogen and oxygen atoms in total. The van der Waals surface area contributed by atoms with E-state index in [1.807, 2.05) is 27.7 Å². The summed E-state index contributed by atoms with van der Waals surface area (Å²) < 4.78 is 24.3. The van der Waals surface area contributed by atoms with Gasteiger partial charge in [-0.15, -0.1) is 0 Å². The highest BCUT2D eigenvalue weighted by atomic mass is 35.7. The minimum absolute atomic E-state index is 0.188. The number of carbonyl (C=O) groups is 1. The fourth-order valence-electron chi connectivity index (χ4n) is 1.77. The van der Waals surface area contributed by atoms with Crippen LogP contribution in [0.1, 0.15) is 52.9 Å². The highest BCUT2D eigenvalue weighted by Gasteiger charge is 2.26. The van der Waals surface area contributed by atoms with Crippen molar-refractivity contribution in [3.05, 3.63) is 12.0 Å². The summed E-state index contributed by atoms with van der Waals surface area (Å²) in [7, 11) is 1.40.